The maximum absolute atomic E-state index is 14.8. The van der Waals surface area contributed by atoms with Gasteiger partial charge in [0.15, 0.2) is 0 Å². The number of carboxylic acid groups (broad SMARTS) is 1. The van der Waals surface area contributed by atoms with Gasteiger partial charge in [-0.3, -0.25) is 38.4 Å². The van der Waals surface area contributed by atoms with Crippen LogP contribution < -0.4 is 26.6 Å². The molecule has 9 N–H and O–H groups in total. The summed E-state index contributed by atoms with van der Waals surface area (Å²) in [6, 6.07) is 3.68. The summed E-state index contributed by atoms with van der Waals surface area (Å²) in [4.78, 5) is 128. The van der Waals surface area contributed by atoms with E-state index in [0.717, 1.165) is 4.90 Å². The fourth-order valence-corrected chi connectivity index (χ4v) is 8.38. The monoisotopic (exact) mass is 979 g/mol. The summed E-state index contributed by atoms with van der Waals surface area (Å²) >= 11 is 0. The van der Waals surface area contributed by atoms with Crippen LogP contribution in [0.2, 0.25) is 0 Å². The molecular weight excluding hydrogens is 911 g/mol. The number of esters is 1. The first-order valence-electron chi connectivity index (χ1n) is 23.6. The number of amides is 7. The molecule has 11 atom stereocenters. The van der Waals surface area contributed by atoms with Crippen molar-refractivity contribution in [3.63, 3.8) is 0 Å². The number of aromatic hydroxyl groups is 1. The van der Waals surface area contributed by atoms with Crippen molar-refractivity contribution in [1.82, 2.24) is 36.4 Å². The van der Waals surface area contributed by atoms with Crippen LogP contribution in [0.3, 0.4) is 0 Å². The number of piperidine rings is 1. The number of carbonyl (C=O) groups excluding carboxylic acids is 8. The third kappa shape index (κ3) is 14.9. The smallest absolute Gasteiger partial charge is 0.329 e. The van der Waals surface area contributed by atoms with Gasteiger partial charge in [0.1, 0.15) is 66.5 Å². The minimum Gasteiger partial charge on any atom is -0.508 e. The zero-order chi connectivity index (χ0) is 52.1. The highest BCUT2D eigenvalue weighted by atomic mass is 16.5. The molecule has 4 rings (SSSR count). The average molecular weight is 980 g/mol. The predicted molar refractivity (Wildman–Crippen MR) is 252 cm³/mol. The normalized spacial score (nSPS) is 25.5. The number of aliphatic carboxylic acids is 1. The Morgan fingerprint density at radius 1 is 0.829 bits per heavy atom. The second kappa shape index (κ2) is 25.3. The lowest BCUT2D eigenvalue weighted by Crippen LogP contribution is -2.66. The summed E-state index contributed by atoms with van der Waals surface area (Å²) in [5.74, 6) is -10.9. The van der Waals surface area contributed by atoms with E-state index < -0.39 is 132 Å². The number of carbonyl (C=O) groups is 9. The van der Waals surface area contributed by atoms with E-state index in [1.165, 1.54) is 43.1 Å². The number of cyclic esters (lactones) is 1. The highest BCUT2D eigenvalue weighted by Gasteiger charge is 2.47. The van der Waals surface area contributed by atoms with E-state index in [1.807, 2.05) is 0 Å². The van der Waals surface area contributed by atoms with Crippen molar-refractivity contribution in [2.24, 2.45) is 17.8 Å². The van der Waals surface area contributed by atoms with Crippen LogP contribution in [-0.4, -0.2) is 151 Å². The van der Waals surface area contributed by atoms with Gasteiger partial charge in [-0.1, -0.05) is 90.4 Å². The van der Waals surface area contributed by atoms with Crippen molar-refractivity contribution in [3.8, 4) is 5.75 Å². The molecule has 2 heterocycles. The number of ether oxygens (including phenoxy) is 1. The van der Waals surface area contributed by atoms with E-state index in [9.17, 15) is 63.6 Å². The Morgan fingerprint density at radius 3 is 2.06 bits per heavy atom. The summed E-state index contributed by atoms with van der Waals surface area (Å²) in [5.41, 5.74) is 1.06. The van der Waals surface area contributed by atoms with Crippen LogP contribution in [0, 0.1) is 17.8 Å². The first-order chi connectivity index (χ1) is 32.9. The molecule has 11 unspecified atom stereocenters. The molecule has 2 saturated heterocycles. The number of rotatable bonds is 15. The highest BCUT2D eigenvalue weighted by Crippen LogP contribution is 2.28. The first-order valence-corrected chi connectivity index (χ1v) is 23.6. The zero-order valence-corrected chi connectivity index (χ0v) is 40.9. The third-order valence-electron chi connectivity index (χ3n) is 12.6. The lowest BCUT2D eigenvalue weighted by Gasteiger charge is -2.44. The molecule has 2 aliphatic heterocycles. The van der Waals surface area contributed by atoms with Crippen LogP contribution in [-0.2, 0) is 60.7 Å². The minimum atomic E-state index is -1.92. The molecule has 2 aliphatic rings. The van der Waals surface area contributed by atoms with Gasteiger partial charge in [0.05, 0.1) is 6.42 Å². The van der Waals surface area contributed by atoms with E-state index in [4.69, 9.17) is 4.74 Å². The summed E-state index contributed by atoms with van der Waals surface area (Å²) in [7, 11) is 1.38. The van der Waals surface area contributed by atoms with Gasteiger partial charge in [-0.15, -0.1) is 0 Å². The first kappa shape index (κ1) is 56.0. The molecule has 21 heteroatoms. The number of hydrogen-bond donors (Lipinski definition) is 9. The van der Waals surface area contributed by atoms with E-state index in [2.05, 4.69) is 26.6 Å². The molecule has 7 amide bonds. The molecule has 0 saturated carbocycles. The largest absolute Gasteiger partial charge is 0.508 e. The van der Waals surface area contributed by atoms with E-state index in [1.54, 1.807) is 71.9 Å². The van der Waals surface area contributed by atoms with Crippen molar-refractivity contribution in [1.29, 1.82) is 0 Å². The second-order valence-corrected chi connectivity index (χ2v) is 18.9. The molecule has 2 fully saturated rings. The molecule has 70 heavy (non-hydrogen) atoms. The van der Waals surface area contributed by atoms with Crippen molar-refractivity contribution >= 4 is 53.3 Å². The van der Waals surface area contributed by atoms with Gasteiger partial charge >= 0.3 is 11.9 Å². The molecule has 2 aromatic carbocycles. The van der Waals surface area contributed by atoms with Crippen molar-refractivity contribution in [2.45, 2.75) is 154 Å². The number of aliphatic hydroxyl groups excluding tert-OH is 2. The fraction of sp³-hybridized carbons (Fsp3) is 0.571. The van der Waals surface area contributed by atoms with Crippen LogP contribution >= 0.6 is 0 Å². The van der Waals surface area contributed by atoms with E-state index in [0.29, 0.717) is 17.5 Å². The number of hydrogen-bond acceptors (Lipinski definition) is 13. The zero-order valence-electron chi connectivity index (χ0n) is 40.9. The number of aliphatic hydroxyl groups is 2. The molecule has 0 spiro atoms. The molecule has 21 nitrogen and oxygen atoms in total. The highest BCUT2D eigenvalue weighted by molar-refractivity contribution is 5.99. The van der Waals surface area contributed by atoms with Gasteiger partial charge in [0, 0.05) is 19.9 Å². The number of fused-ring (bicyclic) bond motifs is 2. The van der Waals surface area contributed by atoms with E-state index >= 15 is 0 Å². The maximum atomic E-state index is 14.8. The fourth-order valence-electron chi connectivity index (χ4n) is 8.38. The van der Waals surface area contributed by atoms with Crippen molar-refractivity contribution < 1.29 is 68.3 Å². The van der Waals surface area contributed by atoms with Crippen molar-refractivity contribution in [2.75, 3.05) is 7.05 Å². The van der Waals surface area contributed by atoms with Gasteiger partial charge in [-0.25, -0.2) is 4.79 Å². The van der Waals surface area contributed by atoms with Gasteiger partial charge in [0.25, 0.3) is 0 Å². The molecule has 2 bridgehead atoms. The number of benzene rings is 2. The Morgan fingerprint density at radius 2 is 1.47 bits per heavy atom. The van der Waals surface area contributed by atoms with Crippen LogP contribution in [0.4, 0.5) is 0 Å². The summed E-state index contributed by atoms with van der Waals surface area (Å²) in [6.45, 7) is 11.4. The molecule has 2 aromatic rings. The number of nitrogens with zero attached hydrogens (tertiary/aromatic N) is 2. The van der Waals surface area contributed by atoms with Gasteiger partial charge in [-0.2, -0.15) is 0 Å². The topological polar surface area (TPSA) is 310 Å². The number of carboxylic acids is 1. The molecule has 384 valence electrons. The number of likely N-dealkylation sites (N-methyl/N-ethyl adjacent to an activating group) is 1. The summed E-state index contributed by atoms with van der Waals surface area (Å²) < 4.78 is 5.82. The number of phenolic OH excluding ortho intramolecular Hbond substituents is 1. The van der Waals surface area contributed by atoms with Crippen LogP contribution in [0.25, 0.3) is 0 Å². The number of nitrogens with one attached hydrogen (secondary N) is 5. The number of phenols is 1. The second-order valence-electron chi connectivity index (χ2n) is 18.9. The average Bonchev–Trinajstić information content (AvgIpc) is 3.30. The summed E-state index contributed by atoms with van der Waals surface area (Å²) in [5, 5.41) is 54.0. The lowest BCUT2D eigenvalue weighted by atomic mass is 9.91. The van der Waals surface area contributed by atoms with Gasteiger partial charge in [0.2, 0.25) is 41.4 Å². The van der Waals surface area contributed by atoms with Crippen molar-refractivity contribution in [3.05, 3.63) is 65.7 Å². The van der Waals surface area contributed by atoms with Gasteiger partial charge < -0.3 is 61.5 Å². The summed E-state index contributed by atoms with van der Waals surface area (Å²) in [6.07, 6.45) is -6.04. The Kier molecular flexibility index (Phi) is 20.2. The molecule has 0 aliphatic carbocycles. The Balaban J connectivity index is 1.81. The quantitative estimate of drug-likeness (QED) is 0.108. The maximum Gasteiger partial charge on any atom is 0.329 e. The van der Waals surface area contributed by atoms with Crippen LogP contribution in [0.1, 0.15) is 91.7 Å². The van der Waals surface area contributed by atoms with E-state index in [-0.39, 0.29) is 43.8 Å². The van der Waals surface area contributed by atoms with Crippen LogP contribution in [0.15, 0.2) is 54.6 Å². The van der Waals surface area contributed by atoms with Crippen LogP contribution in [0.5, 0.6) is 5.75 Å². The molecule has 0 aromatic heterocycles. The molecular formula is C49H69N7O14. The Labute approximate surface area is 407 Å². The minimum absolute atomic E-state index is 0.0285. The Hall–Kier alpha value is -6.61. The standard InChI is InChI=1S/C49H69N7O14/c1-9-27(6)41-48(68)55(8)35(22-29-13-11-10-12-14-29)44(64)53-39(26(4)5)49(69)70-28(7)40(46(66)52-33(21-25(2)3)42(62)50-32-19-20-37(59)56(41)47(32)67)54-43(63)34(24-38(60)61)51-45(65)36(58)23-30-15-17-31(57)18-16-30/h10-18,25-28,32-37,39-41,57-59H,9,19-24H2,1-8H3,(H,50,62)(H,51,65)(H,52,66)(H,53,64)(H,54,63)(H,60,61). The Bertz CT molecular complexity index is 2190. The lowest BCUT2D eigenvalue weighted by molar-refractivity contribution is -0.168. The predicted octanol–water partition coefficient (Wildman–Crippen LogP) is 0.267. The SMILES string of the molecule is CCC(C)C1C(=O)N(C)C(Cc2ccccc2)C(=O)NC(C(C)C)C(=O)OC(C)C(NC(=O)C(CC(=O)O)NC(=O)C(O)Cc2ccc(O)cc2)C(=O)NC(CC(C)C)C(=O)NC2CCC(O)N1C2=O. The molecule has 0 radical (unpaired) electrons. The third-order valence-corrected chi connectivity index (χ3v) is 12.6. The van der Waals surface area contributed by atoms with Gasteiger partial charge in [-0.05, 0) is 67.2 Å².